The van der Waals surface area contributed by atoms with Gasteiger partial charge in [0.15, 0.2) is 0 Å². The van der Waals surface area contributed by atoms with E-state index in [1.807, 2.05) is 48.5 Å². The Morgan fingerprint density at radius 1 is 0.508 bits per heavy atom. The van der Waals surface area contributed by atoms with Crippen molar-refractivity contribution in [3.8, 4) is 57.4 Å². The second-order valence-electron chi connectivity index (χ2n) is 14.3. The number of hydrogen-bond donors (Lipinski definition) is 0. The summed E-state index contributed by atoms with van der Waals surface area (Å²) >= 11 is 0. The minimum Gasteiger partial charge on any atom is -0.550 e. The van der Waals surface area contributed by atoms with Crippen molar-refractivity contribution in [1.29, 1.82) is 0 Å². The molecule has 0 saturated carbocycles. The molecule has 13 heteroatoms. The van der Waals surface area contributed by atoms with Crippen LogP contribution in [0.1, 0.15) is 71.9 Å². The number of rotatable bonds is 14. The Morgan fingerprint density at radius 2 is 0.846 bits per heavy atom. The second-order valence-corrected chi connectivity index (χ2v) is 14.3. The molecule has 6 nitrogen and oxygen atoms in total. The third-order valence-corrected chi connectivity index (χ3v) is 9.70. The van der Waals surface area contributed by atoms with E-state index in [-0.39, 0.29) is 63.8 Å². The van der Waals surface area contributed by atoms with E-state index in [0.717, 1.165) is 57.6 Å². The summed E-state index contributed by atoms with van der Waals surface area (Å²) < 4.78 is 88.2. The predicted octanol–water partition coefficient (Wildman–Crippen LogP) is 10.0. The molecule has 0 radical (unpaired) electrons. The molecule has 0 N–H and O–H groups in total. The Hall–Kier alpha value is -6.18. The molecule has 0 heterocycles. The molecule has 0 spiro atoms. The van der Waals surface area contributed by atoms with E-state index in [9.17, 15) is 46.1 Å². The molecule has 65 heavy (non-hydrogen) atoms. The maximum Gasteiger partial charge on any atom is 2.00 e. The molecule has 0 aliphatic carbocycles. The fraction of sp³-hybridized carbons (Fsp3) is 0.192. The summed E-state index contributed by atoms with van der Waals surface area (Å²) in [6.45, 7) is 3.84. The predicted molar refractivity (Wildman–Crippen MR) is 233 cm³/mol. The maximum absolute atomic E-state index is 12.8. The fourth-order valence-corrected chi connectivity index (χ4v) is 6.50. The standard InChI is InChI=1S/2C26H21F3O3.Ca/c2*1-2-4-21(16-25(30)31)20-9-13-24(14-10-20)32-17-18-5-3-6-22(15-18)19-7-11-23(12-8-19)26(27,28)29;/h2*3,5-15,21H,16-17H2,1H3,(H,30,31);/q;;+2/p-2. The van der Waals surface area contributed by atoms with E-state index in [2.05, 4.69) is 23.7 Å². The molecule has 0 saturated heterocycles. The number of halogens is 6. The molecule has 0 aliphatic heterocycles. The van der Waals surface area contributed by atoms with E-state index >= 15 is 0 Å². The van der Waals surface area contributed by atoms with Crippen LogP contribution in [-0.4, -0.2) is 49.7 Å². The Bertz CT molecular complexity index is 2440. The van der Waals surface area contributed by atoms with Crippen molar-refractivity contribution in [2.45, 2.75) is 64.1 Å². The van der Waals surface area contributed by atoms with Gasteiger partial charge in [-0.3, -0.25) is 0 Å². The first-order valence-corrected chi connectivity index (χ1v) is 19.7. The molecule has 0 bridgehead atoms. The molecule has 2 unspecified atom stereocenters. The molecule has 0 fully saturated rings. The van der Waals surface area contributed by atoms with E-state index in [0.29, 0.717) is 22.6 Å². The average Bonchev–Trinajstić information content (AvgIpc) is 3.27. The number of ether oxygens (including phenoxy) is 2. The van der Waals surface area contributed by atoms with Gasteiger partial charge in [-0.1, -0.05) is 96.8 Å². The van der Waals surface area contributed by atoms with Crippen LogP contribution in [0.25, 0.3) is 22.3 Å². The number of carbonyl (C=O) groups excluding carboxylic acids is 2. The van der Waals surface area contributed by atoms with Gasteiger partial charge in [-0.2, -0.15) is 26.3 Å². The van der Waals surface area contributed by atoms with Crippen LogP contribution in [0.15, 0.2) is 146 Å². The van der Waals surface area contributed by atoms with Gasteiger partial charge in [0.25, 0.3) is 0 Å². The van der Waals surface area contributed by atoms with E-state index < -0.39 is 47.3 Å². The SMILES string of the molecule is CC#CC(CC(=O)[O-])c1ccc(OCc2cccc(-c3ccc(C(F)(F)F)cc3)c2)cc1.CC#CC(CC(=O)[O-])c1ccc(OCc2cccc(-c3ccc(C(F)(F)F)cc3)c2)cc1.[Ca+2]. The first-order chi connectivity index (χ1) is 30.5. The summed E-state index contributed by atoms with van der Waals surface area (Å²) in [6, 6.07) is 38.9. The number of carboxylic acids is 2. The first-order valence-electron chi connectivity index (χ1n) is 19.7. The minimum absolute atomic E-state index is 0. The van der Waals surface area contributed by atoms with Gasteiger partial charge >= 0.3 is 50.1 Å². The Morgan fingerprint density at radius 3 is 1.14 bits per heavy atom. The Balaban J connectivity index is 0.000000280. The van der Waals surface area contributed by atoms with Gasteiger partial charge in [0.1, 0.15) is 24.7 Å². The van der Waals surface area contributed by atoms with E-state index in [4.69, 9.17) is 9.47 Å². The van der Waals surface area contributed by atoms with Crippen molar-refractivity contribution >= 4 is 49.7 Å². The topological polar surface area (TPSA) is 98.7 Å². The van der Waals surface area contributed by atoms with Crippen LogP contribution < -0.4 is 19.7 Å². The third-order valence-electron chi connectivity index (χ3n) is 9.70. The molecule has 0 aliphatic rings. The molecule has 0 amide bonds. The molecule has 2 atom stereocenters. The summed E-state index contributed by atoms with van der Waals surface area (Å²) in [5.74, 6) is 9.19. The van der Waals surface area contributed by atoms with Crippen molar-refractivity contribution < 1.29 is 55.6 Å². The van der Waals surface area contributed by atoms with Crippen LogP contribution in [0.5, 0.6) is 11.5 Å². The van der Waals surface area contributed by atoms with Crippen molar-refractivity contribution in [3.63, 3.8) is 0 Å². The monoisotopic (exact) mass is 914 g/mol. The summed E-state index contributed by atoms with van der Waals surface area (Å²) in [6.07, 6.45) is -9.09. The molecular weight excluding hydrogens is 875 g/mol. The van der Waals surface area contributed by atoms with Crippen LogP contribution in [0, 0.1) is 23.7 Å². The van der Waals surface area contributed by atoms with Gasteiger partial charge in [0.2, 0.25) is 0 Å². The van der Waals surface area contributed by atoms with Gasteiger partial charge in [0.05, 0.1) is 23.0 Å². The molecular formula is C52H40CaF6O6. The van der Waals surface area contributed by atoms with Crippen molar-refractivity contribution in [2.24, 2.45) is 0 Å². The number of benzene rings is 6. The zero-order valence-electron chi connectivity index (χ0n) is 35.3. The third kappa shape index (κ3) is 16.1. The average molecular weight is 915 g/mol. The van der Waals surface area contributed by atoms with Gasteiger partial charge in [0, 0.05) is 24.8 Å². The zero-order chi connectivity index (χ0) is 46.3. The molecule has 6 aromatic carbocycles. The molecule has 328 valence electrons. The van der Waals surface area contributed by atoms with Crippen LogP contribution >= 0.6 is 0 Å². The van der Waals surface area contributed by atoms with Gasteiger partial charge in [-0.05, 0) is 119 Å². The summed E-state index contributed by atoms with van der Waals surface area (Å²) in [7, 11) is 0. The molecule has 0 aromatic heterocycles. The van der Waals surface area contributed by atoms with Crippen molar-refractivity contribution in [2.75, 3.05) is 0 Å². The zero-order valence-corrected chi connectivity index (χ0v) is 37.5. The number of carboxylic acid groups (broad SMARTS) is 2. The maximum atomic E-state index is 12.8. The van der Waals surface area contributed by atoms with Gasteiger partial charge in [-0.25, -0.2) is 0 Å². The van der Waals surface area contributed by atoms with Crippen molar-refractivity contribution in [3.05, 3.63) is 179 Å². The minimum atomic E-state index is -4.36. The fourth-order valence-electron chi connectivity index (χ4n) is 6.50. The molecule has 6 aromatic rings. The molecule has 6 rings (SSSR count). The van der Waals surface area contributed by atoms with E-state index in [1.54, 1.807) is 62.4 Å². The van der Waals surface area contributed by atoms with Gasteiger partial charge in [-0.15, -0.1) is 11.8 Å². The smallest absolute Gasteiger partial charge is 0.550 e. The Labute approximate surface area is 403 Å². The first kappa shape index (κ1) is 51.5. The summed E-state index contributed by atoms with van der Waals surface area (Å²) in [5.41, 5.74) is 4.82. The number of carbonyl (C=O) groups is 2. The normalized spacial score (nSPS) is 11.7. The quantitative estimate of drug-likeness (QED) is 0.0613. The largest absolute Gasteiger partial charge is 2.00 e. The van der Waals surface area contributed by atoms with Crippen LogP contribution in [0.2, 0.25) is 0 Å². The van der Waals surface area contributed by atoms with Crippen LogP contribution in [0.3, 0.4) is 0 Å². The summed E-state index contributed by atoms with van der Waals surface area (Å²) in [5, 5.41) is 21.8. The number of aliphatic carboxylic acids is 2. The van der Waals surface area contributed by atoms with Crippen LogP contribution in [-0.2, 0) is 35.2 Å². The number of alkyl halides is 6. The van der Waals surface area contributed by atoms with E-state index in [1.165, 1.54) is 24.3 Å². The van der Waals surface area contributed by atoms with Gasteiger partial charge < -0.3 is 29.3 Å². The Kier molecular flexibility index (Phi) is 19.2. The van der Waals surface area contributed by atoms with Crippen molar-refractivity contribution in [1.82, 2.24) is 0 Å². The summed E-state index contributed by atoms with van der Waals surface area (Å²) in [4.78, 5) is 21.8. The number of hydrogen-bond acceptors (Lipinski definition) is 6. The van der Waals surface area contributed by atoms with Crippen LogP contribution in [0.4, 0.5) is 26.3 Å². The second kappa shape index (κ2) is 24.2.